The summed E-state index contributed by atoms with van der Waals surface area (Å²) >= 11 is 0. The van der Waals surface area contributed by atoms with E-state index in [1.807, 2.05) is 6.07 Å². The maximum absolute atomic E-state index is 5.42. The molecule has 0 spiro atoms. The van der Waals surface area contributed by atoms with E-state index in [4.69, 9.17) is 9.47 Å². The number of nitrogens with zero attached hydrogens (tertiary/aromatic N) is 1. The molecular formula is C20H21NO2. The lowest BCUT2D eigenvalue weighted by Crippen LogP contribution is -2.11. The Balaban J connectivity index is 1.93. The van der Waals surface area contributed by atoms with Crippen LogP contribution in [0.3, 0.4) is 0 Å². The summed E-state index contributed by atoms with van der Waals surface area (Å²) in [4.78, 5) is 4.67. The summed E-state index contributed by atoms with van der Waals surface area (Å²) in [7, 11) is 3.32. The van der Waals surface area contributed by atoms with E-state index in [2.05, 4.69) is 54.4 Å². The molecule has 0 bridgehead atoms. The molecule has 1 aliphatic rings. The van der Waals surface area contributed by atoms with Crippen LogP contribution in [0.5, 0.6) is 11.5 Å². The Morgan fingerprint density at radius 3 is 2.35 bits per heavy atom. The Morgan fingerprint density at radius 2 is 1.65 bits per heavy atom. The molecule has 1 heterocycles. The second kappa shape index (κ2) is 6.69. The fourth-order valence-electron chi connectivity index (χ4n) is 2.74. The number of aryl methyl sites for hydroxylation is 1. The molecule has 118 valence electrons. The Morgan fingerprint density at radius 1 is 0.957 bits per heavy atom. The third-order valence-electron chi connectivity index (χ3n) is 4.06. The van der Waals surface area contributed by atoms with Crippen molar-refractivity contribution >= 4 is 11.8 Å². The van der Waals surface area contributed by atoms with E-state index in [-0.39, 0.29) is 0 Å². The van der Waals surface area contributed by atoms with Gasteiger partial charge in [-0.1, -0.05) is 35.9 Å². The largest absolute Gasteiger partial charge is 0.493 e. The van der Waals surface area contributed by atoms with E-state index in [1.165, 1.54) is 16.7 Å². The summed E-state index contributed by atoms with van der Waals surface area (Å²) in [6.07, 6.45) is 5.11. The fourth-order valence-corrected chi connectivity index (χ4v) is 2.74. The van der Waals surface area contributed by atoms with Crippen molar-refractivity contribution < 1.29 is 9.47 Å². The van der Waals surface area contributed by atoms with E-state index in [0.717, 1.165) is 35.7 Å². The normalized spacial score (nSPS) is 13.6. The third kappa shape index (κ3) is 3.29. The number of benzene rings is 2. The van der Waals surface area contributed by atoms with Crippen LogP contribution in [0, 0.1) is 6.92 Å². The van der Waals surface area contributed by atoms with Crippen LogP contribution in [0.1, 0.15) is 22.3 Å². The van der Waals surface area contributed by atoms with E-state index in [9.17, 15) is 0 Å². The highest BCUT2D eigenvalue weighted by Crippen LogP contribution is 2.32. The summed E-state index contributed by atoms with van der Waals surface area (Å²) in [5.74, 6) is 1.51. The molecule has 0 atom stereocenters. The molecule has 0 saturated carbocycles. The number of allylic oxidation sites excluding steroid dienone is 1. The van der Waals surface area contributed by atoms with Crippen molar-refractivity contribution in [3.8, 4) is 11.5 Å². The zero-order chi connectivity index (χ0) is 16.2. The first-order chi connectivity index (χ1) is 11.2. The molecule has 2 aromatic rings. The van der Waals surface area contributed by atoms with E-state index in [0.29, 0.717) is 0 Å². The van der Waals surface area contributed by atoms with Gasteiger partial charge < -0.3 is 9.47 Å². The van der Waals surface area contributed by atoms with E-state index in [1.54, 1.807) is 14.2 Å². The van der Waals surface area contributed by atoms with Crippen molar-refractivity contribution in [3.63, 3.8) is 0 Å². The van der Waals surface area contributed by atoms with Crippen LogP contribution in [0.15, 0.2) is 47.5 Å². The van der Waals surface area contributed by atoms with Gasteiger partial charge in [-0.15, -0.1) is 0 Å². The zero-order valence-corrected chi connectivity index (χ0v) is 13.8. The van der Waals surface area contributed by atoms with Gasteiger partial charge in [-0.05, 0) is 42.7 Å². The molecule has 0 amide bonds. The topological polar surface area (TPSA) is 30.8 Å². The fraction of sp³-hybridized carbons (Fsp3) is 0.250. The van der Waals surface area contributed by atoms with Gasteiger partial charge in [0.05, 0.1) is 19.9 Å². The summed E-state index contributed by atoms with van der Waals surface area (Å²) in [6, 6.07) is 12.5. The molecule has 0 N–H and O–H groups in total. The molecule has 0 aromatic heterocycles. The number of rotatable bonds is 4. The van der Waals surface area contributed by atoms with E-state index < -0.39 is 0 Å². The standard InChI is InChI=1S/C20H21NO2/c1-14-4-6-15(7-5-14)8-9-18-17-13-20(23-3)19(22-2)12-16(17)10-11-21-18/h4-9,12-13H,10-11H2,1-3H3/b9-8+. The van der Waals surface area contributed by atoms with Crippen LogP contribution < -0.4 is 9.47 Å². The first kappa shape index (κ1) is 15.3. The molecule has 1 aliphatic heterocycles. The summed E-state index contributed by atoms with van der Waals surface area (Å²) in [5, 5.41) is 0. The number of aliphatic imine (C=N–C) groups is 1. The van der Waals surface area contributed by atoms with Gasteiger partial charge >= 0.3 is 0 Å². The Labute approximate surface area is 137 Å². The van der Waals surface area contributed by atoms with E-state index >= 15 is 0 Å². The second-order valence-corrected chi connectivity index (χ2v) is 5.63. The van der Waals surface area contributed by atoms with Gasteiger partial charge in [0.2, 0.25) is 0 Å². The lowest BCUT2D eigenvalue weighted by molar-refractivity contribution is 0.354. The number of hydrogen-bond acceptors (Lipinski definition) is 3. The number of fused-ring (bicyclic) bond motifs is 1. The molecule has 0 radical (unpaired) electrons. The maximum Gasteiger partial charge on any atom is 0.161 e. The van der Waals surface area contributed by atoms with Gasteiger partial charge in [-0.3, -0.25) is 4.99 Å². The molecule has 0 saturated heterocycles. The molecule has 3 rings (SSSR count). The van der Waals surface area contributed by atoms with Crippen molar-refractivity contribution in [1.29, 1.82) is 0 Å². The molecular weight excluding hydrogens is 286 g/mol. The van der Waals surface area contributed by atoms with Gasteiger partial charge in [-0.25, -0.2) is 0 Å². The quantitative estimate of drug-likeness (QED) is 0.852. The van der Waals surface area contributed by atoms with Crippen molar-refractivity contribution in [3.05, 3.63) is 64.7 Å². The van der Waals surface area contributed by atoms with Gasteiger partial charge in [0.25, 0.3) is 0 Å². The lowest BCUT2D eigenvalue weighted by Gasteiger charge is -2.18. The zero-order valence-electron chi connectivity index (χ0n) is 13.8. The van der Waals surface area contributed by atoms with Crippen LogP contribution in [0.25, 0.3) is 6.08 Å². The molecule has 3 nitrogen and oxygen atoms in total. The smallest absolute Gasteiger partial charge is 0.161 e. The highest BCUT2D eigenvalue weighted by Gasteiger charge is 2.16. The monoisotopic (exact) mass is 307 g/mol. The van der Waals surface area contributed by atoms with Gasteiger partial charge in [-0.2, -0.15) is 0 Å². The third-order valence-corrected chi connectivity index (χ3v) is 4.06. The minimum atomic E-state index is 0.740. The Bertz CT molecular complexity index is 758. The van der Waals surface area contributed by atoms with Crippen molar-refractivity contribution in [2.45, 2.75) is 13.3 Å². The summed E-state index contributed by atoms with van der Waals surface area (Å²) in [5.41, 5.74) is 5.80. The van der Waals surface area contributed by atoms with Crippen LogP contribution in [-0.4, -0.2) is 26.5 Å². The SMILES string of the molecule is COc1cc2c(cc1OC)C(/C=C/c1ccc(C)cc1)=NCC2. The van der Waals surface area contributed by atoms with Gasteiger partial charge in [0.1, 0.15) is 0 Å². The number of hydrogen-bond donors (Lipinski definition) is 0. The molecule has 3 heteroatoms. The van der Waals surface area contributed by atoms with Gasteiger partial charge in [0.15, 0.2) is 11.5 Å². The predicted octanol–water partition coefficient (Wildman–Crippen LogP) is 4.07. The van der Waals surface area contributed by atoms with Crippen molar-refractivity contribution in [2.24, 2.45) is 4.99 Å². The molecule has 0 fully saturated rings. The van der Waals surface area contributed by atoms with Gasteiger partial charge in [0, 0.05) is 12.1 Å². The maximum atomic E-state index is 5.42. The Kier molecular flexibility index (Phi) is 4.47. The molecule has 23 heavy (non-hydrogen) atoms. The number of methoxy groups -OCH3 is 2. The highest BCUT2D eigenvalue weighted by molar-refractivity contribution is 6.12. The predicted molar refractivity (Wildman–Crippen MR) is 94.9 cm³/mol. The first-order valence-electron chi connectivity index (χ1n) is 7.75. The molecule has 0 aliphatic carbocycles. The highest BCUT2D eigenvalue weighted by atomic mass is 16.5. The van der Waals surface area contributed by atoms with Crippen LogP contribution in [-0.2, 0) is 6.42 Å². The summed E-state index contributed by atoms with van der Waals surface area (Å²) < 4.78 is 10.8. The second-order valence-electron chi connectivity index (χ2n) is 5.63. The minimum Gasteiger partial charge on any atom is -0.493 e. The molecule has 2 aromatic carbocycles. The average Bonchev–Trinajstić information content (AvgIpc) is 2.60. The average molecular weight is 307 g/mol. The molecule has 0 unspecified atom stereocenters. The lowest BCUT2D eigenvalue weighted by atomic mass is 9.96. The first-order valence-corrected chi connectivity index (χ1v) is 7.75. The van der Waals surface area contributed by atoms with Crippen LogP contribution in [0.2, 0.25) is 0 Å². The van der Waals surface area contributed by atoms with Crippen molar-refractivity contribution in [1.82, 2.24) is 0 Å². The minimum absolute atomic E-state index is 0.740. The van der Waals surface area contributed by atoms with Crippen LogP contribution >= 0.6 is 0 Å². The summed E-state index contributed by atoms with van der Waals surface area (Å²) in [6.45, 7) is 2.89. The van der Waals surface area contributed by atoms with Crippen molar-refractivity contribution in [2.75, 3.05) is 20.8 Å². The van der Waals surface area contributed by atoms with Crippen LogP contribution in [0.4, 0.5) is 0 Å². The number of ether oxygens (including phenoxy) is 2. The Hall–Kier alpha value is -2.55.